The zero-order valence-electron chi connectivity index (χ0n) is 24.2. The van der Waals surface area contributed by atoms with Gasteiger partial charge in [-0.15, -0.1) is 0 Å². The van der Waals surface area contributed by atoms with Crippen LogP contribution in [0.25, 0.3) is 0 Å². The summed E-state index contributed by atoms with van der Waals surface area (Å²) < 4.78 is 0. The first-order valence-electron chi connectivity index (χ1n) is 12.8. The zero-order valence-corrected chi connectivity index (χ0v) is 24.2. The van der Waals surface area contributed by atoms with Crippen molar-refractivity contribution in [3.63, 3.8) is 0 Å². The molecule has 0 aliphatic heterocycles. The highest BCUT2D eigenvalue weighted by Crippen LogP contribution is 3.09. The fraction of sp³-hybridized carbons (Fsp3) is 1.00. The predicted octanol–water partition coefficient (Wildman–Crippen LogP) is 9.48. The minimum absolute atomic E-state index is 0.198. The maximum Gasteiger partial charge on any atom is -0.0131 e. The Morgan fingerprint density at radius 1 is 0.600 bits per heavy atom. The fourth-order valence-electron chi connectivity index (χ4n) is 12.3. The molecular formula is C30H56. The number of fused-ring (bicyclic) bond motifs is 4. The molecule has 3 saturated carbocycles. The highest BCUT2D eigenvalue weighted by Gasteiger charge is 3.05. The van der Waals surface area contributed by atoms with Gasteiger partial charge in [-0.1, -0.05) is 125 Å². The average Bonchev–Trinajstić information content (AvgIpc) is 2.60. The molecule has 0 spiro atoms. The van der Waals surface area contributed by atoms with E-state index in [-0.39, 0.29) is 27.1 Å². The molecule has 30 heavy (non-hydrogen) atoms. The van der Waals surface area contributed by atoms with Crippen LogP contribution in [0.3, 0.4) is 0 Å². The Kier molecular flexibility index (Phi) is 4.29. The second-order valence-corrected chi connectivity index (χ2v) is 16.0. The summed E-state index contributed by atoms with van der Waals surface area (Å²) in [4.78, 5) is 0. The van der Waals surface area contributed by atoms with Crippen LogP contribution < -0.4 is 0 Å². The molecule has 0 nitrogen and oxygen atoms in total. The van der Waals surface area contributed by atoms with E-state index in [1.54, 1.807) is 0 Å². The van der Waals surface area contributed by atoms with E-state index in [0.717, 1.165) is 5.92 Å². The van der Waals surface area contributed by atoms with E-state index in [0.29, 0.717) is 33.0 Å². The Balaban J connectivity index is 2.43. The van der Waals surface area contributed by atoms with Crippen molar-refractivity contribution in [2.24, 2.45) is 66.0 Å². The molecule has 0 radical (unpaired) electrons. The lowest BCUT2D eigenvalue weighted by atomic mass is 8.95. The third-order valence-electron chi connectivity index (χ3n) is 16.1. The first-order chi connectivity index (χ1) is 12.8. The molecule has 176 valence electrons. The van der Waals surface area contributed by atoms with Crippen molar-refractivity contribution in [3.05, 3.63) is 0 Å². The Morgan fingerprint density at radius 2 is 1.00 bits per heavy atom. The normalized spacial score (nSPS) is 52.7. The van der Waals surface area contributed by atoms with Crippen LogP contribution in [-0.2, 0) is 0 Å². The van der Waals surface area contributed by atoms with Gasteiger partial charge in [0.05, 0.1) is 0 Å². The van der Waals surface area contributed by atoms with Crippen LogP contribution in [-0.4, -0.2) is 0 Å². The molecule has 0 aromatic heterocycles. The quantitative estimate of drug-likeness (QED) is 0.429. The molecule has 3 aliphatic rings. The summed E-state index contributed by atoms with van der Waals surface area (Å²) in [5.74, 6) is 1.40. The molecule has 0 amide bonds. The first kappa shape index (κ1) is 24.6. The summed E-state index contributed by atoms with van der Waals surface area (Å²) in [5, 5.41) is 0. The summed E-state index contributed by atoms with van der Waals surface area (Å²) in [5.41, 5.74) is 2.89. The van der Waals surface area contributed by atoms with Crippen molar-refractivity contribution < 1.29 is 0 Å². The molecule has 0 saturated heterocycles. The summed E-state index contributed by atoms with van der Waals surface area (Å²) in [6.07, 6.45) is 0. The van der Waals surface area contributed by atoms with Crippen molar-refractivity contribution in [1.29, 1.82) is 0 Å². The predicted molar refractivity (Wildman–Crippen MR) is 133 cm³/mol. The SMILES string of the molecule is CC(C)C(C)(C)C(C)(C)C1(C)C(C)(C(C)(C)C)C2(C)C3(C)C(C)C(C)(C)C3(C)C12C. The van der Waals surface area contributed by atoms with Crippen molar-refractivity contribution in [3.8, 4) is 0 Å². The second kappa shape index (κ2) is 5.22. The van der Waals surface area contributed by atoms with Gasteiger partial charge in [0.15, 0.2) is 0 Å². The maximum absolute atomic E-state index is 2.73. The van der Waals surface area contributed by atoms with Gasteiger partial charge >= 0.3 is 0 Å². The van der Waals surface area contributed by atoms with E-state index >= 15 is 0 Å². The number of rotatable bonds is 3. The molecule has 0 bridgehead atoms. The van der Waals surface area contributed by atoms with Gasteiger partial charge in [-0.05, 0) is 66.0 Å². The van der Waals surface area contributed by atoms with Crippen LogP contribution in [0.1, 0.15) is 125 Å². The summed E-state index contributed by atoms with van der Waals surface area (Å²) in [6.45, 7) is 46.9. The second-order valence-electron chi connectivity index (χ2n) is 16.0. The van der Waals surface area contributed by atoms with Crippen LogP contribution >= 0.6 is 0 Å². The smallest absolute Gasteiger partial charge is 0.0131 e. The van der Waals surface area contributed by atoms with E-state index in [1.807, 2.05) is 0 Å². The van der Waals surface area contributed by atoms with Crippen molar-refractivity contribution in [1.82, 2.24) is 0 Å². The Hall–Kier alpha value is 0. The lowest BCUT2D eigenvalue weighted by Crippen LogP contribution is -3.04. The van der Waals surface area contributed by atoms with Gasteiger partial charge in [0.2, 0.25) is 0 Å². The molecule has 3 aliphatic carbocycles. The Labute approximate surface area is 190 Å². The van der Waals surface area contributed by atoms with E-state index in [2.05, 4.69) is 125 Å². The summed E-state index contributed by atoms with van der Waals surface area (Å²) in [7, 11) is 0. The average molecular weight is 417 g/mol. The van der Waals surface area contributed by atoms with Crippen LogP contribution in [0.5, 0.6) is 0 Å². The minimum Gasteiger partial charge on any atom is -0.0622 e. The van der Waals surface area contributed by atoms with Crippen molar-refractivity contribution >= 4 is 0 Å². The molecule has 0 heterocycles. The van der Waals surface area contributed by atoms with Crippen LogP contribution in [0, 0.1) is 66.0 Å². The first-order valence-corrected chi connectivity index (χ1v) is 12.8. The van der Waals surface area contributed by atoms with Gasteiger partial charge in [0.1, 0.15) is 0 Å². The van der Waals surface area contributed by atoms with Crippen LogP contribution in [0.4, 0.5) is 0 Å². The van der Waals surface area contributed by atoms with Crippen LogP contribution in [0.2, 0.25) is 0 Å². The monoisotopic (exact) mass is 416 g/mol. The molecule has 7 atom stereocenters. The molecule has 0 aromatic carbocycles. The molecule has 3 fully saturated rings. The van der Waals surface area contributed by atoms with Gasteiger partial charge in [-0.25, -0.2) is 0 Å². The van der Waals surface area contributed by atoms with E-state index < -0.39 is 0 Å². The van der Waals surface area contributed by atoms with E-state index in [9.17, 15) is 0 Å². The third kappa shape index (κ3) is 1.49. The Bertz CT molecular complexity index is 774. The molecule has 3 rings (SSSR count). The van der Waals surface area contributed by atoms with Gasteiger partial charge < -0.3 is 0 Å². The van der Waals surface area contributed by atoms with Gasteiger partial charge in [-0.3, -0.25) is 0 Å². The molecule has 0 aromatic rings. The number of hydrogen-bond acceptors (Lipinski definition) is 0. The Morgan fingerprint density at radius 3 is 1.33 bits per heavy atom. The number of hydrogen-bond donors (Lipinski definition) is 0. The van der Waals surface area contributed by atoms with E-state index in [4.69, 9.17) is 0 Å². The lowest BCUT2D eigenvalue weighted by Gasteiger charge is -3.08. The van der Waals surface area contributed by atoms with Crippen LogP contribution in [0.15, 0.2) is 0 Å². The van der Waals surface area contributed by atoms with E-state index in [1.165, 1.54) is 0 Å². The fourth-order valence-corrected chi connectivity index (χ4v) is 12.3. The zero-order chi connectivity index (χ0) is 24.2. The highest BCUT2D eigenvalue weighted by molar-refractivity contribution is 5.51. The van der Waals surface area contributed by atoms with Crippen molar-refractivity contribution in [2.45, 2.75) is 125 Å². The van der Waals surface area contributed by atoms with Gasteiger partial charge in [-0.2, -0.15) is 0 Å². The van der Waals surface area contributed by atoms with Gasteiger partial charge in [0.25, 0.3) is 0 Å². The largest absolute Gasteiger partial charge is 0.0622 e. The summed E-state index contributed by atoms with van der Waals surface area (Å²) in [6, 6.07) is 0. The lowest BCUT2D eigenvalue weighted by molar-refractivity contribution is -0.616. The maximum atomic E-state index is 2.73. The third-order valence-corrected chi connectivity index (χ3v) is 16.1. The molecule has 0 N–H and O–H groups in total. The molecule has 7 unspecified atom stereocenters. The van der Waals surface area contributed by atoms with Crippen molar-refractivity contribution in [2.75, 3.05) is 0 Å². The minimum atomic E-state index is 0.198. The topological polar surface area (TPSA) is 0 Å². The van der Waals surface area contributed by atoms with Gasteiger partial charge in [0, 0.05) is 0 Å². The summed E-state index contributed by atoms with van der Waals surface area (Å²) >= 11 is 0. The molecule has 0 heteroatoms. The highest BCUT2D eigenvalue weighted by atomic mass is 15.1. The standard InChI is InChI=1S/C30H56/c1-19(2)22(7,8)24(11,12)28(16)26(14,21(4,5)6)29(17)25(13)20(3)23(9,10)27(25,15)30(28,29)18/h19-20H,1-18H3. The molecular weight excluding hydrogens is 360 g/mol.